The lowest BCUT2D eigenvalue weighted by molar-refractivity contribution is 0.0895. The van der Waals surface area contributed by atoms with Gasteiger partial charge in [-0.25, -0.2) is 18.8 Å². The molecule has 30 heavy (non-hydrogen) atoms. The largest absolute Gasteiger partial charge is 0.494 e. The summed E-state index contributed by atoms with van der Waals surface area (Å²) in [6, 6.07) is 6.50. The lowest BCUT2D eigenvalue weighted by Crippen LogP contribution is -2.52. The van der Waals surface area contributed by atoms with E-state index in [1.165, 1.54) is 24.5 Å². The molecule has 0 bridgehead atoms. The third-order valence-corrected chi connectivity index (χ3v) is 5.15. The second-order valence-corrected chi connectivity index (χ2v) is 7.28. The monoisotopic (exact) mass is 413 g/mol. The number of pyridine rings is 2. The van der Waals surface area contributed by atoms with Crippen LogP contribution in [0.15, 0.2) is 54.3 Å². The quantitative estimate of drug-likeness (QED) is 0.413. The van der Waals surface area contributed by atoms with E-state index in [1.54, 1.807) is 13.2 Å². The number of rotatable bonds is 7. The van der Waals surface area contributed by atoms with Gasteiger partial charge in [0.1, 0.15) is 23.4 Å². The molecule has 0 unspecified atom stereocenters. The normalized spacial score (nSPS) is 21.7. The van der Waals surface area contributed by atoms with Crippen LogP contribution in [0.5, 0.6) is 5.75 Å². The Bertz CT molecular complexity index is 983. The highest BCUT2D eigenvalue weighted by Crippen LogP contribution is 2.45. The van der Waals surface area contributed by atoms with E-state index in [1.807, 2.05) is 19.1 Å². The number of halogens is 2. The van der Waals surface area contributed by atoms with Crippen molar-refractivity contribution in [2.75, 3.05) is 13.7 Å². The van der Waals surface area contributed by atoms with Crippen molar-refractivity contribution in [2.24, 2.45) is 10.7 Å². The molecule has 1 aliphatic carbocycles. The fourth-order valence-electron chi connectivity index (χ4n) is 3.56. The van der Waals surface area contributed by atoms with E-state index in [4.69, 9.17) is 10.5 Å². The van der Waals surface area contributed by atoms with Gasteiger partial charge in [0, 0.05) is 35.6 Å². The van der Waals surface area contributed by atoms with Gasteiger partial charge in [0.15, 0.2) is 5.96 Å². The number of ether oxygens (including phenoxy) is 1. The van der Waals surface area contributed by atoms with Crippen molar-refractivity contribution in [2.45, 2.75) is 31.4 Å². The van der Waals surface area contributed by atoms with E-state index >= 15 is 0 Å². The zero-order valence-electron chi connectivity index (χ0n) is 17.0. The Morgan fingerprint density at radius 3 is 2.83 bits per heavy atom. The van der Waals surface area contributed by atoms with Crippen molar-refractivity contribution < 1.29 is 13.5 Å². The summed E-state index contributed by atoms with van der Waals surface area (Å²) in [4.78, 5) is 12.8. The van der Waals surface area contributed by atoms with Crippen molar-refractivity contribution >= 4 is 11.5 Å². The topological polar surface area (TPSA) is 85.4 Å². The number of aryl methyl sites for hydroxylation is 1. The molecule has 3 N–H and O–H groups in total. The van der Waals surface area contributed by atoms with Crippen LogP contribution >= 0.6 is 0 Å². The molecule has 0 amide bonds. The van der Waals surface area contributed by atoms with Gasteiger partial charge in [-0.15, -0.1) is 0 Å². The molecule has 1 saturated carbocycles. The van der Waals surface area contributed by atoms with Crippen molar-refractivity contribution in [3.8, 4) is 5.75 Å². The van der Waals surface area contributed by atoms with Crippen LogP contribution < -0.4 is 15.8 Å². The second-order valence-electron chi connectivity index (χ2n) is 7.28. The molecule has 0 aromatic carbocycles. The average Bonchev–Trinajstić information content (AvgIpc) is 2.71. The summed E-state index contributed by atoms with van der Waals surface area (Å²) >= 11 is 0. The molecule has 6 nitrogen and oxygen atoms in total. The molecule has 0 saturated heterocycles. The van der Waals surface area contributed by atoms with E-state index in [9.17, 15) is 8.78 Å². The predicted octanol–water partition coefficient (Wildman–Crippen LogP) is 3.43. The average molecular weight is 413 g/mol. The smallest absolute Gasteiger partial charge is 0.193 e. The maximum absolute atomic E-state index is 14.2. The summed E-state index contributed by atoms with van der Waals surface area (Å²) in [5, 5.41) is 2.97. The van der Waals surface area contributed by atoms with Gasteiger partial charge in [-0.3, -0.25) is 4.98 Å². The van der Waals surface area contributed by atoms with Crippen LogP contribution in [0, 0.1) is 12.7 Å². The van der Waals surface area contributed by atoms with Crippen LogP contribution in [0.3, 0.4) is 0 Å². The lowest BCUT2D eigenvalue weighted by Gasteiger charge is -2.43. The molecule has 0 radical (unpaired) electrons. The van der Waals surface area contributed by atoms with Gasteiger partial charge in [-0.05, 0) is 44.0 Å². The van der Waals surface area contributed by atoms with Crippen molar-refractivity contribution in [3.05, 3.63) is 72.2 Å². The third-order valence-electron chi connectivity index (χ3n) is 5.15. The van der Waals surface area contributed by atoms with Crippen LogP contribution in [0.4, 0.5) is 8.78 Å². The fraction of sp³-hybridized carbons (Fsp3) is 0.318. The molecule has 2 aromatic rings. The number of allylic oxidation sites excluding steroid dienone is 2. The Hall–Kier alpha value is -3.29. The molecular weight excluding hydrogens is 388 g/mol. The Balaban J connectivity index is 1.78. The highest BCUT2D eigenvalue weighted by molar-refractivity contribution is 5.81. The molecule has 8 heteroatoms. The number of nitrogens with two attached hydrogens (primary N) is 1. The number of aliphatic imine (C=N–C) groups is 1. The SMILES string of the molecule is C=C/C(=C\N=C(/N)NC[C@]1(c2ncccc2F)C[C@H](F)C1)c1nc(C)ccc1OC. The first kappa shape index (κ1) is 21.4. The van der Waals surface area contributed by atoms with Crippen LogP contribution in [0.2, 0.25) is 0 Å². The van der Waals surface area contributed by atoms with Gasteiger partial charge in [0.25, 0.3) is 0 Å². The van der Waals surface area contributed by atoms with Gasteiger partial charge in [-0.1, -0.05) is 12.7 Å². The number of hydrogen-bond acceptors (Lipinski definition) is 4. The predicted molar refractivity (Wildman–Crippen MR) is 113 cm³/mol. The number of hydrogen-bond donors (Lipinski definition) is 2. The summed E-state index contributed by atoms with van der Waals surface area (Å²) in [6.07, 6.45) is 4.00. The van der Waals surface area contributed by atoms with E-state index in [0.29, 0.717) is 17.0 Å². The standard InChI is InChI=1S/C22H25F2N5O/c1-4-15(19-18(30-3)8-7-14(2)29-19)12-27-21(25)28-13-22(10-16(23)11-22)20-17(24)6-5-9-26-20/h4-9,12,16H,1,10-11,13H2,2-3H3,(H3,25,27,28)/b15-12+/t16-,22-. The number of nitrogens with zero attached hydrogens (tertiary/aromatic N) is 3. The number of nitrogens with one attached hydrogen (secondary N) is 1. The van der Waals surface area contributed by atoms with E-state index in [-0.39, 0.29) is 31.0 Å². The molecule has 3 rings (SSSR count). The molecule has 0 atom stereocenters. The van der Waals surface area contributed by atoms with Gasteiger partial charge < -0.3 is 15.8 Å². The van der Waals surface area contributed by atoms with Crippen LogP contribution in [-0.4, -0.2) is 35.8 Å². The Labute approximate surface area is 174 Å². The minimum Gasteiger partial charge on any atom is -0.494 e. The minimum absolute atomic E-state index is 0.110. The first-order valence-corrected chi connectivity index (χ1v) is 9.55. The van der Waals surface area contributed by atoms with Crippen LogP contribution in [0.25, 0.3) is 5.57 Å². The van der Waals surface area contributed by atoms with Crippen molar-refractivity contribution in [3.63, 3.8) is 0 Å². The van der Waals surface area contributed by atoms with Gasteiger partial charge >= 0.3 is 0 Å². The third kappa shape index (κ3) is 4.48. The number of aromatic nitrogens is 2. The number of methoxy groups -OCH3 is 1. The highest BCUT2D eigenvalue weighted by Gasteiger charge is 2.48. The number of alkyl halides is 1. The molecule has 158 valence electrons. The van der Waals surface area contributed by atoms with Gasteiger partial charge in [-0.2, -0.15) is 0 Å². The summed E-state index contributed by atoms with van der Waals surface area (Å²) in [5.74, 6) is 0.244. The van der Waals surface area contributed by atoms with Gasteiger partial charge in [0.2, 0.25) is 0 Å². The zero-order chi connectivity index (χ0) is 21.7. The zero-order valence-corrected chi connectivity index (χ0v) is 17.0. The van der Waals surface area contributed by atoms with E-state index in [0.717, 1.165) is 5.69 Å². The van der Waals surface area contributed by atoms with E-state index in [2.05, 4.69) is 26.9 Å². The summed E-state index contributed by atoms with van der Waals surface area (Å²) in [7, 11) is 1.56. The molecule has 2 aromatic heterocycles. The molecule has 0 aliphatic heterocycles. The van der Waals surface area contributed by atoms with Crippen molar-refractivity contribution in [1.29, 1.82) is 0 Å². The van der Waals surface area contributed by atoms with Crippen LogP contribution in [-0.2, 0) is 5.41 Å². The fourth-order valence-corrected chi connectivity index (χ4v) is 3.56. The second kappa shape index (κ2) is 9.02. The Morgan fingerprint density at radius 1 is 1.43 bits per heavy atom. The van der Waals surface area contributed by atoms with Crippen molar-refractivity contribution in [1.82, 2.24) is 15.3 Å². The highest BCUT2D eigenvalue weighted by atomic mass is 19.1. The Morgan fingerprint density at radius 2 is 2.20 bits per heavy atom. The molecule has 1 aliphatic rings. The molecule has 1 fully saturated rings. The van der Waals surface area contributed by atoms with Gasteiger partial charge in [0.05, 0.1) is 12.8 Å². The summed E-state index contributed by atoms with van der Waals surface area (Å²) in [6.45, 7) is 5.89. The maximum Gasteiger partial charge on any atom is 0.193 e. The Kier molecular flexibility index (Phi) is 6.44. The summed E-state index contributed by atoms with van der Waals surface area (Å²) in [5.41, 5.74) is 7.52. The molecule has 0 spiro atoms. The molecular formula is C22H25F2N5O. The summed E-state index contributed by atoms with van der Waals surface area (Å²) < 4.78 is 33.3. The first-order valence-electron chi connectivity index (χ1n) is 9.55. The molecule has 2 heterocycles. The lowest BCUT2D eigenvalue weighted by atomic mass is 9.65. The first-order chi connectivity index (χ1) is 14.4. The van der Waals surface area contributed by atoms with E-state index < -0.39 is 17.4 Å². The number of guanidine groups is 1. The maximum atomic E-state index is 14.2. The minimum atomic E-state index is -0.988. The van der Waals surface area contributed by atoms with Crippen LogP contribution in [0.1, 0.15) is 29.9 Å².